The van der Waals surface area contributed by atoms with Crippen molar-refractivity contribution in [3.8, 4) is 11.5 Å². The molecule has 1 aliphatic carbocycles. The minimum absolute atomic E-state index is 0.510. The zero-order valence-electron chi connectivity index (χ0n) is 13.5. The lowest BCUT2D eigenvalue weighted by Crippen LogP contribution is -2.41. The standard InChI is InChI=1S/C17H20N4O2/c1-10-4-5-11(18)8-17(10,19)16-12-6-14(22-2)15(23-3)7-13(12)20-9-21-16/h4-7,9H,8,18-19H2,1-3H3. The van der Waals surface area contributed by atoms with Crippen LogP contribution in [-0.4, -0.2) is 24.2 Å². The van der Waals surface area contributed by atoms with Crippen molar-refractivity contribution < 1.29 is 9.47 Å². The summed E-state index contributed by atoms with van der Waals surface area (Å²) in [6.07, 6.45) is 5.84. The number of rotatable bonds is 3. The summed E-state index contributed by atoms with van der Waals surface area (Å²) < 4.78 is 10.7. The molecule has 0 saturated carbocycles. The molecule has 6 heteroatoms. The Morgan fingerprint density at radius 1 is 1.09 bits per heavy atom. The molecule has 2 aromatic rings. The quantitative estimate of drug-likeness (QED) is 0.900. The molecule has 1 aromatic carbocycles. The van der Waals surface area contributed by atoms with E-state index in [1.807, 2.05) is 31.2 Å². The van der Waals surface area contributed by atoms with Crippen molar-refractivity contribution in [1.29, 1.82) is 0 Å². The van der Waals surface area contributed by atoms with Gasteiger partial charge in [0.1, 0.15) is 6.33 Å². The van der Waals surface area contributed by atoms with Gasteiger partial charge in [0.25, 0.3) is 0 Å². The van der Waals surface area contributed by atoms with Gasteiger partial charge < -0.3 is 20.9 Å². The van der Waals surface area contributed by atoms with E-state index >= 15 is 0 Å². The molecule has 1 unspecified atom stereocenters. The number of fused-ring (bicyclic) bond motifs is 1. The lowest BCUT2D eigenvalue weighted by atomic mass is 9.79. The fourth-order valence-corrected chi connectivity index (χ4v) is 2.91. The Balaban J connectivity index is 2.26. The lowest BCUT2D eigenvalue weighted by Gasteiger charge is -2.33. The van der Waals surface area contributed by atoms with Gasteiger partial charge in [0, 0.05) is 23.6 Å². The monoisotopic (exact) mass is 312 g/mol. The molecule has 6 nitrogen and oxygen atoms in total. The van der Waals surface area contributed by atoms with Gasteiger partial charge in [-0.1, -0.05) is 6.08 Å². The lowest BCUT2D eigenvalue weighted by molar-refractivity contribution is 0.355. The van der Waals surface area contributed by atoms with Crippen molar-refractivity contribution in [2.75, 3.05) is 14.2 Å². The van der Waals surface area contributed by atoms with Gasteiger partial charge in [-0.3, -0.25) is 0 Å². The number of methoxy groups -OCH3 is 2. The summed E-state index contributed by atoms with van der Waals surface area (Å²) in [6, 6.07) is 3.68. The van der Waals surface area contributed by atoms with Gasteiger partial charge in [0.05, 0.1) is 31.0 Å². The van der Waals surface area contributed by atoms with E-state index in [-0.39, 0.29) is 0 Å². The maximum atomic E-state index is 6.69. The number of allylic oxidation sites excluding steroid dienone is 2. The number of nitrogens with zero attached hydrogens (tertiary/aromatic N) is 2. The van der Waals surface area contributed by atoms with E-state index in [1.54, 1.807) is 14.2 Å². The Hall–Kier alpha value is -2.60. The van der Waals surface area contributed by atoms with E-state index in [9.17, 15) is 0 Å². The third kappa shape index (κ3) is 2.41. The number of hydrogen-bond acceptors (Lipinski definition) is 6. The molecular formula is C17H20N4O2. The summed E-state index contributed by atoms with van der Waals surface area (Å²) in [5, 5.41) is 0.829. The Labute approximate surface area is 134 Å². The molecule has 0 bridgehead atoms. The first-order chi connectivity index (χ1) is 11.0. The first-order valence-electron chi connectivity index (χ1n) is 7.29. The second kappa shape index (κ2) is 5.55. The minimum atomic E-state index is -0.764. The van der Waals surface area contributed by atoms with Crippen molar-refractivity contribution in [2.45, 2.75) is 18.9 Å². The van der Waals surface area contributed by atoms with Crippen LogP contribution in [0.15, 0.2) is 41.9 Å². The molecule has 0 saturated heterocycles. The molecule has 1 aliphatic rings. The van der Waals surface area contributed by atoms with Crippen LogP contribution in [-0.2, 0) is 5.54 Å². The number of hydrogen-bond donors (Lipinski definition) is 2. The molecular weight excluding hydrogens is 292 g/mol. The van der Waals surface area contributed by atoms with E-state index in [4.69, 9.17) is 20.9 Å². The van der Waals surface area contributed by atoms with Gasteiger partial charge in [-0.05, 0) is 24.6 Å². The first kappa shape index (κ1) is 15.3. The average Bonchev–Trinajstić information content (AvgIpc) is 2.56. The largest absolute Gasteiger partial charge is 0.493 e. The molecule has 0 amide bonds. The molecule has 0 spiro atoms. The number of nitrogens with two attached hydrogens (primary N) is 2. The number of benzene rings is 1. The van der Waals surface area contributed by atoms with E-state index in [0.29, 0.717) is 17.9 Å². The van der Waals surface area contributed by atoms with Gasteiger partial charge in [-0.15, -0.1) is 0 Å². The Morgan fingerprint density at radius 3 is 2.48 bits per heavy atom. The Morgan fingerprint density at radius 2 is 1.78 bits per heavy atom. The van der Waals surface area contributed by atoms with E-state index < -0.39 is 5.54 Å². The molecule has 4 N–H and O–H groups in total. The molecule has 120 valence electrons. The highest BCUT2D eigenvalue weighted by Crippen LogP contribution is 2.39. The van der Waals surface area contributed by atoms with Crippen LogP contribution in [0.25, 0.3) is 10.9 Å². The van der Waals surface area contributed by atoms with Crippen molar-refractivity contribution >= 4 is 10.9 Å². The Bertz CT molecular complexity index is 829. The van der Waals surface area contributed by atoms with Gasteiger partial charge in [0.15, 0.2) is 11.5 Å². The molecule has 0 aliphatic heterocycles. The van der Waals surface area contributed by atoms with Crippen LogP contribution in [0.3, 0.4) is 0 Å². The van der Waals surface area contributed by atoms with Crippen LogP contribution in [0, 0.1) is 0 Å². The van der Waals surface area contributed by atoms with Gasteiger partial charge in [-0.25, -0.2) is 9.97 Å². The summed E-state index contributed by atoms with van der Waals surface area (Å²) >= 11 is 0. The average molecular weight is 312 g/mol. The predicted octanol–water partition coefficient (Wildman–Crippen LogP) is 1.99. The van der Waals surface area contributed by atoms with E-state index in [1.165, 1.54) is 6.33 Å². The number of aromatic nitrogens is 2. The van der Waals surface area contributed by atoms with Crippen molar-refractivity contribution in [3.05, 3.63) is 47.6 Å². The van der Waals surface area contributed by atoms with Crippen LogP contribution in [0.4, 0.5) is 0 Å². The van der Waals surface area contributed by atoms with Crippen molar-refractivity contribution in [3.63, 3.8) is 0 Å². The second-order valence-electron chi connectivity index (χ2n) is 5.69. The van der Waals surface area contributed by atoms with Gasteiger partial charge in [0.2, 0.25) is 0 Å². The van der Waals surface area contributed by atoms with Crippen LogP contribution in [0.2, 0.25) is 0 Å². The SMILES string of the molecule is COc1cc2ncnc(C3(N)CC(N)=CC=C3C)c2cc1OC. The summed E-state index contributed by atoms with van der Waals surface area (Å²) in [6.45, 7) is 1.98. The van der Waals surface area contributed by atoms with Crippen LogP contribution < -0.4 is 20.9 Å². The molecule has 0 radical (unpaired) electrons. The summed E-state index contributed by atoms with van der Waals surface area (Å²) in [4.78, 5) is 8.79. The molecule has 1 heterocycles. The molecule has 3 rings (SSSR count). The van der Waals surface area contributed by atoms with Gasteiger partial charge in [-0.2, -0.15) is 0 Å². The van der Waals surface area contributed by atoms with Crippen molar-refractivity contribution in [2.24, 2.45) is 11.5 Å². The van der Waals surface area contributed by atoms with Crippen LogP contribution in [0.1, 0.15) is 19.0 Å². The predicted molar refractivity (Wildman–Crippen MR) is 89.2 cm³/mol. The Kier molecular flexibility index (Phi) is 3.69. The summed E-state index contributed by atoms with van der Waals surface area (Å²) in [5.41, 5.74) is 15.1. The van der Waals surface area contributed by atoms with Gasteiger partial charge >= 0.3 is 0 Å². The normalized spacial score (nSPS) is 20.9. The maximum absolute atomic E-state index is 6.69. The maximum Gasteiger partial charge on any atom is 0.162 e. The fourth-order valence-electron chi connectivity index (χ4n) is 2.91. The third-order valence-corrected chi connectivity index (χ3v) is 4.30. The summed E-state index contributed by atoms with van der Waals surface area (Å²) in [5.74, 6) is 1.23. The first-order valence-corrected chi connectivity index (χ1v) is 7.29. The van der Waals surface area contributed by atoms with E-state index in [2.05, 4.69) is 9.97 Å². The number of ether oxygens (including phenoxy) is 2. The smallest absolute Gasteiger partial charge is 0.162 e. The van der Waals surface area contributed by atoms with Crippen molar-refractivity contribution in [1.82, 2.24) is 9.97 Å². The molecule has 1 aromatic heterocycles. The summed E-state index contributed by atoms with van der Waals surface area (Å²) in [7, 11) is 3.19. The highest BCUT2D eigenvalue weighted by Gasteiger charge is 2.35. The molecule has 0 fully saturated rings. The second-order valence-corrected chi connectivity index (χ2v) is 5.69. The third-order valence-electron chi connectivity index (χ3n) is 4.30. The fraction of sp³-hybridized carbons (Fsp3) is 0.294. The topological polar surface area (TPSA) is 96.3 Å². The van der Waals surface area contributed by atoms with Crippen LogP contribution in [0.5, 0.6) is 11.5 Å². The zero-order chi connectivity index (χ0) is 16.6. The minimum Gasteiger partial charge on any atom is -0.493 e. The van der Waals surface area contributed by atoms with Crippen LogP contribution >= 0.6 is 0 Å². The molecule has 23 heavy (non-hydrogen) atoms. The zero-order valence-corrected chi connectivity index (χ0v) is 13.5. The highest BCUT2D eigenvalue weighted by molar-refractivity contribution is 5.86. The van der Waals surface area contributed by atoms with E-state index in [0.717, 1.165) is 27.9 Å². The molecule has 1 atom stereocenters. The highest BCUT2D eigenvalue weighted by atomic mass is 16.5.